The molecule has 1 heterocycles. The van der Waals surface area contributed by atoms with Crippen molar-refractivity contribution in [3.05, 3.63) is 59.8 Å². The summed E-state index contributed by atoms with van der Waals surface area (Å²) in [6.45, 7) is 0.811. The van der Waals surface area contributed by atoms with Gasteiger partial charge in [0.05, 0.1) is 7.11 Å². The third-order valence-electron chi connectivity index (χ3n) is 3.62. The number of ether oxygens (including phenoxy) is 1. The van der Waals surface area contributed by atoms with Gasteiger partial charge in [-0.2, -0.15) is 0 Å². The van der Waals surface area contributed by atoms with Gasteiger partial charge in [-0.15, -0.1) is 0 Å². The molecule has 0 radical (unpaired) electrons. The molecule has 1 fully saturated rings. The predicted molar refractivity (Wildman–Crippen MR) is 75.2 cm³/mol. The van der Waals surface area contributed by atoms with Crippen molar-refractivity contribution in [1.82, 2.24) is 10.3 Å². The van der Waals surface area contributed by atoms with Crippen molar-refractivity contribution in [3.8, 4) is 5.88 Å². The highest BCUT2D eigenvalue weighted by atomic mass is 16.5. The molecular formula is C16H18N2O. The standard InChI is InChI=1S/C16H18N2O/c1-19-16-13(8-5-9-17-16)11-18-15-10-14(15)12-6-3-2-4-7-12/h2-9,14-15,18H,10-11H2,1H3/t14-,15+/m0/s1. The Morgan fingerprint density at radius 3 is 2.84 bits per heavy atom. The summed E-state index contributed by atoms with van der Waals surface area (Å²) in [6.07, 6.45) is 2.97. The molecule has 3 nitrogen and oxygen atoms in total. The highest BCUT2D eigenvalue weighted by Gasteiger charge is 2.37. The molecule has 0 bridgehead atoms. The van der Waals surface area contributed by atoms with E-state index in [-0.39, 0.29) is 0 Å². The maximum absolute atomic E-state index is 5.26. The van der Waals surface area contributed by atoms with Crippen LogP contribution in [0.4, 0.5) is 0 Å². The molecule has 1 N–H and O–H groups in total. The first-order valence-electron chi connectivity index (χ1n) is 6.64. The van der Waals surface area contributed by atoms with Crippen molar-refractivity contribution in [2.75, 3.05) is 7.11 Å². The van der Waals surface area contributed by atoms with Crippen LogP contribution in [-0.2, 0) is 6.54 Å². The van der Waals surface area contributed by atoms with Gasteiger partial charge in [0.25, 0.3) is 0 Å². The number of methoxy groups -OCH3 is 1. The lowest BCUT2D eigenvalue weighted by molar-refractivity contribution is 0.390. The van der Waals surface area contributed by atoms with Crippen LogP contribution in [0.5, 0.6) is 5.88 Å². The van der Waals surface area contributed by atoms with Gasteiger partial charge in [-0.05, 0) is 18.1 Å². The van der Waals surface area contributed by atoms with Crippen LogP contribution in [0.15, 0.2) is 48.7 Å². The zero-order valence-electron chi connectivity index (χ0n) is 11.0. The number of benzene rings is 1. The number of pyridine rings is 1. The quantitative estimate of drug-likeness (QED) is 0.891. The fraction of sp³-hybridized carbons (Fsp3) is 0.312. The first-order valence-corrected chi connectivity index (χ1v) is 6.64. The molecule has 0 amide bonds. The molecule has 1 aromatic heterocycles. The second-order valence-corrected chi connectivity index (χ2v) is 4.91. The Kier molecular flexibility index (Phi) is 3.47. The van der Waals surface area contributed by atoms with Crippen LogP contribution in [0, 0.1) is 0 Å². The largest absolute Gasteiger partial charge is 0.481 e. The van der Waals surface area contributed by atoms with Crippen LogP contribution in [0.3, 0.4) is 0 Å². The Bertz CT molecular complexity index is 541. The number of rotatable bonds is 5. The number of hydrogen-bond acceptors (Lipinski definition) is 3. The molecule has 1 aliphatic rings. The lowest BCUT2D eigenvalue weighted by Crippen LogP contribution is -2.18. The molecule has 19 heavy (non-hydrogen) atoms. The van der Waals surface area contributed by atoms with E-state index < -0.39 is 0 Å². The maximum atomic E-state index is 5.26. The van der Waals surface area contributed by atoms with Crippen molar-refractivity contribution < 1.29 is 4.74 Å². The van der Waals surface area contributed by atoms with Crippen LogP contribution in [0.2, 0.25) is 0 Å². The third kappa shape index (κ3) is 2.76. The summed E-state index contributed by atoms with van der Waals surface area (Å²) < 4.78 is 5.26. The van der Waals surface area contributed by atoms with Gasteiger partial charge in [0.2, 0.25) is 5.88 Å². The van der Waals surface area contributed by atoms with Crippen LogP contribution in [0.25, 0.3) is 0 Å². The molecule has 0 unspecified atom stereocenters. The average molecular weight is 254 g/mol. The third-order valence-corrected chi connectivity index (χ3v) is 3.62. The summed E-state index contributed by atoms with van der Waals surface area (Å²) in [5, 5.41) is 3.58. The molecule has 0 aliphatic heterocycles. The molecule has 3 heteroatoms. The summed E-state index contributed by atoms with van der Waals surface area (Å²) in [4.78, 5) is 4.21. The molecule has 1 aliphatic carbocycles. The Hall–Kier alpha value is -1.87. The molecule has 2 aromatic rings. The molecule has 3 rings (SSSR count). The minimum atomic E-state index is 0.576. The van der Waals surface area contributed by atoms with E-state index in [2.05, 4.69) is 46.7 Å². The van der Waals surface area contributed by atoms with Gasteiger partial charge in [0, 0.05) is 30.3 Å². The smallest absolute Gasteiger partial charge is 0.217 e. The fourth-order valence-electron chi connectivity index (χ4n) is 2.47. The van der Waals surface area contributed by atoms with Gasteiger partial charge in [-0.1, -0.05) is 36.4 Å². The SMILES string of the molecule is COc1ncccc1CN[C@@H]1C[C@H]1c1ccccc1. The fourth-order valence-corrected chi connectivity index (χ4v) is 2.47. The summed E-state index contributed by atoms with van der Waals surface area (Å²) in [6, 6.07) is 15.3. The van der Waals surface area contributed by atoms with Crippen LogP contribution in [0.1, 0.15) is 23.5 Å². The number of hydrogen-bond donors (Lipinski definition) is 1. The Morgan fingerprint density at radius 1 is 1.21 bits per heavy atom. The second kappa shape index (κ2) is 5.41. The van der Waals surface area contributed by atoms with Crippen molar-refractivity contribution in [1.29, 1.82) is 0 Å². The minimum absolute atomic E-state index is 0.576. The zero-order valence-corrected chi connectivity index (χ0v) is 11.0. The normalized spacial score (nSPS) is 21.1. The van der Waals surface area contributed by atoms with Gasteiger partial charge in [-0.25, -0.2) is 4.98 Å². The average Bonchev–Trinajstić information content (AvgIpc) is 3.26. The van der Waals surface area contributed by atoms with E-state index in [0.29, 0.717) is 17.8 Å². The van der Waals surface area contributed by atoms with Crippen LogP contribution < -0.4 is 10.1 Å². The van der Waals surface area contributed by atoms with Crippen LogP contribution >= 0.6 is 0 Å². The molecular weight excluding hydrogens is 236 g/mol. The maximum Gasteiger partial charge on any atom is 0.217 e. The molecule has 0 saturated heterocycles. The summed E-state index contributed by atoms with van der Waals surface area (Å²) in [7, 11) is 1.66. The van der Waals surface area contributed by atoms with Crippen molar-refractivity contribution >= 4 is 0 Å². The van der Waals surface area contributed by atoms with E-state index in [4.69, 9.17) is 4.74 Å². The molecule has 1 saturated carbocycles. The molecule has 0 spiro atoms. The van der Waals surface area contributed by atoms with Crippen molar-refractivity contribution in [2.45, 2.75) is 24.9 Å². The minimum Gasteiger partial charge on any atom is -0.481 e. The Morgan fingerprint density at radius 2 is 2.05 bits per heavy atom. The molecule has 2 atom stereocenters. The molecule has 98 valence electrons. The van der Waals surface area contributed by atoms with E-state index in [9.17, 15) is 0 Å². The first kappa shape index (κ1) is 12.2. The van der Waals surface area contributed by atoms with E-state index >= 15 is 0 Å². The Balaban J connectivity index is 1.57. The number of aromatic nitrogens is 1. The summed E-state index contributed by atoms with van der Waals surface area (Å²) >= 11 is 0. The number of nitrogens with zero attached hydrogens (tertiary/aromatic N) is 1. The van der Waals surface area contributed by atoms with Gasteiger partial charge >= 0.3 is 0 Å². The van der Waals surface area contributed by atoms with E-state index in [0.717, 1.165) is 12.1 Å². The Labute approximate surface area is 113 Å². The van der Waals surface area contributed by atoms with Gasteiger partial charge in [-0.3, -0.25) is 0 Å². The van der Waals surface area contributed by atoms with Crippen molar-refractivity contribution in [3.63, 3.8) is 0 Å². The number of nitrogens with one attached hydrogen (secondary N) is 1. The van der Waals surface area contributed by atoms with E-state index in [1.165, 1.54) is 12.0 Å². The summed E-state index contributed by atoms with van der Waals surface area (Å²) in [5.74, 6) is 1.37. The highest BCUT2D eigenvalue weighted by Crippen LogP contribution is 2.40. The first-order chi connectivity index (χ1) is 9.38. The topological polar surface area (TPSA) is 34.1 Å². The monoisotopic (exact) mass is 254 g/mol. The molecule has 1 aromatic carbocycles. The lowest BCUT2D eigenvalue weighted by atomic mass is 10.1. The van der Waals surface area contributed by atoms with E-state index in [1.54, 1.807) is 13.3 Å². The predicted octanol–water partition coefficient (Wildman–Crippen LogP) is 2.74. The summed E-state index contributed by atoms with van der Waals surface area (Å²) in [5.41, 5.74) is 2.54. The van der Waals surface area contributed by atoms with Crippen molar-refractivity contribution in [2.24, 2.45) is 0 Å². The highest BCUT2D eigenvalue weighted by molar-refractivity contribution is 5.29. The second-order valence-electron chi connectivity index (χ2n) is 4.91. The van der Waals surface area contributed by atoms with Gasteiger partial charge in [0.15, 0.2) is 0 Å². The van der Waals surface area contributed by atoms with Gasteiger partial charge in [0.1, 0.15) is 0 Å². The van der Waals surface area contributed by atoms with Gasteiger partial charge < -0.3 is 10.1 Å². The van der Waals surface area contributed by atoms with Crippen LogP contribution in [-0.4, -0.2) is 18.1 Å². The van der Waals surface area contributed by atoms with E-state index in [1.807, 2.05) is 6.07 Å². The zero-order chi connectivity index (χ0) is 13.1. The lowest BCUT2D eigenvalue weighted by Gasteiger charge is -2.08.